The Morgan fingerprint density at radius 1 is 1.37 bits per heavy atom. The van der Waals surface area contributed by atoms with Crippen molar-refractivity contribution >= 4 is 21.5 Å². The highest BCUT2D eigenvalue weighted by atomic mass is 32.2. The number of hydrogen-bond donors (Lipinski definition) is 2. The molecule has 7 heteroatoms. The molecule has 0 saturated heterocycles. The molecule has 0 atom stereocenters. The molecule has 1 aromatic rings. The van der Waals surface area contributed by atoms with Gasteiger partial charge < -0.3 is 15.0 Å². The van der Waals surface area contributed by atoms with E-state index in [2.05, 4.69) is 5.32 Å². The first-order chi connectivity index (χ1) is 8.91. The molecule has 0 amide bonds. The molecule has 0 aliphatic carbocycles. The lowest BCUT2D eigenvalue weighted by molar-refractivity contribution is 0.414. The molecule has 0 aliphatic heterocycles. The van der Waals surface area contributed by atoms with E-state index in [9.17, 15) is 8.42 Å². The van der Waals surface area contributed by atoms with E-state index in [0.717, 1.165) is 12.2 Å². The summed E-state index contributed by atoms with van der Waals surface area (Å²) in [5, 5.41) is 3.15. The topological polar surface area (TPSA) is 78.9 Å². The lowest BCUT2D eigenvalue weighted by atomic mass is 10.2. The summed E-state index contributed by atoms with van der Waals surface area (Å²) >= 11 is 0. The highest BCUT2D eigenvalue weighted by Gasteiger charge is 2.16. The monoisotopic (exact) mass is 288 g/mol. The van der Waals surface area contributed by atoms with Crippen molar-refractivity contribution in [3.63, 3.8) is 0 Å². The summed E-state index contributed by atoms with van der Waals surface area (Å²) in [6.07, 6.45) is 0. The Hall–Kier alpha value is -1.47. The predicted octanol–water partition coefficient (Wildman–Crippen LogP) is 1.80. The van der Waals surface area contributed by atoms with Gasteiger partial charge in [-0.15, -0.1) is 0 Å². The van der Waals surface area contributed by atoms with Crippen molar-refractivity contribution in [1.82, 2.24) is 0 Å². The fourth-order valence-corrected chi connectivity index (χ4v) is 2.50. The molecule has 6 nitrogen and oxygen atoms in total. The zero-order chi connectivity index (χ0) is 14.5. The van der Waals surface area contributed by atoms with E-state index < -0.39 is 16.0 Å². The maximum atomic E-state index is 11.0. The Bertz CT molecular complexity index is 516. The lowest BCUT2D eigenvalue weighted by Crippen LogP contribution is -2.29. The fraction of sp³-hybridized carbons (Fsp3) is 0.500. The zero-order valence-corrected chi connectivity index (χ0v) is 12.2. The van der Waals surface area contributed by atoms with Crippen LogP contribution in [0.4, 0.5) is 11.4 Å². The van der Waals surface area contributed by atoms with Crippen LogP contribution in [0.25, 0.3) is 0 Å². The van der Waals surface area contributed by atoms with Crippen LogP contribution in [0.5, 0.6) is 5.75 Å². The number of ether oxygens (including phenoxy) is 1. The molecule has 0 radical (unpaired) electrons. The summed E-state index contributed by atoms with van der Waals surface area (Å²) in [7, 11) is -2.55. The minimum Gasteiger partial charge on any atom is -0.495 e. The lowest BCUT2D eigenvalue weighted by Gasteiger charge is -2.24. The van der Waals surface area contributed by atoms with Crippen LogP contribution in [0, 0.1) is 0 Å². The molecule has 1 aromatic carbocycles. The number of anilines is 2. The van der Waals surface area contributed by atoms with Crippen molar-refractivity contribution in [2.24, 2.45) is 0 Å². The number of hydrogen-bond acceptors (Lipinski definition) is 5. The fourth-order valence-electron chi connectivity index (χ4n) is 1.78. The molecule has 19 heavy (non-hydrogen) atoms. The molecule has 0 aliphatic rings. The van der Waals surface area contributed by atoms with Crippen molar-refractivity contribution in [3.05, 3.63) is 18.2 Å². The Balaban J connectivity index is 3.09. The van der Waals surface area contributed by atoms with Crippen LogP contribution < -0.4 is 15.0 Å². The first kappa shape index (κ1) is 15.6. The maximum absolute atomic E-state index is 11.0. The summed E-state index contributed by atoms with van der Waals surface area (Å²) < 4.78 is 36.2. The van der Waals surface area contributed by atoms with Gasteiger partial charge in [0, 0.05) is 24.8 Å². The first-order valence-electron chi connectivity index (χ1n) is 6.03. The summed E-state index contributed by atoms with van der Waals surface area (Å²) in [4.78, 5) is 1.53. The van der Waals surface area contributed by atoms with E-state index in [4.69, 9.17) is 9.29 Å². The Morgan fingerprint density at radius 2 is 2.05 bits per heavy atom. The minimum atomic E-state index is -4.07. The van der Waals surface area contributed by atoms with Crippen LogP contribution in [0.15, 0.2) is 18.2 Å². The van der Waals surface area contributed by atoms with Gasteiger partial charge in [0.05, 0.1) is 12.8 Å². The predicted molar refractivity (Wildman–Crippen MR) is 76.6 cm³/mol. The van der Waals surface area contributed by atoms with Crippen LogP contribution >= 0.6 is 0 Å². The minimum absolute atomic E-state index is 0.441. The van der Waals surface area contributed by atoms with E-state index in [-0.39, 0.29) is 0 Å². The van der Waals surface area contributed by atoms with Gasteiger partial charge in [-0.05, 0) is 26.0 Å². The number of benzene rings is 1. The van der Waals surface area contributed by atoms with Crippen molar-refractivity contribution < 1.29 is 17.7 Å². The van der Waals surface area contributed by atoms with E-state index >= 15 is 0 Å². The standard InChI is InChI=1S/C12H20N2O4S/c1-4-13-10-6-7-11(12(8-10)18-3)14(5-2)9-19(15,16)17/h6-8,13H,4-5,9H2,1-3H3,(H,15,16,17). The van der Waals surface area contributed by atoms with E-state index in [0.29, 0.717) is 18.0 Å². The first-order valence-corrected chi connectivity index (χ1v) is 7.64. The second-order valence-electron chi connectivity index (χ2n) is 3.98. The number of nitrogens with one attached hydrogen (secondary N) is 1. The third-order valence-electron chi connectivity index (χ3n) is 2.60. The van der Waals surface area contributed by atoms with E-state index in [1.807, 2.05) is 19.9 Å². The highest BCUT2D eigenvalue weighted by Crippen LogP contribution is 2.31. The molecule has 2 N–H and O–H groups in total. The molecule has 0 aromatic heterocycles. The van der Waals surface area contributed by atoms with Gasteiger partial charge in [-0.2, -0.15) is 8.42 Å². The van der Waals surface area contributed by atoms with Gasteiger partial charge in [0.1, 0.15) is 11.6 Å². The highest BCUT2D eigenvalue weighted by molar-refractivity contribution is 7.85. The van der Waals surface area contributed by atoms with Crippen molar-refractivity contribution in [2.45, 2.75) is 13.8 Å². The third kappa shape index (κ3) is 4.60. The number of methoxy groups -OCH3 is 1. The molecular formula is C12H20N2O4S. The normalized spacial score (nSPS) is 11.2. The molecule has 0 bridgehead atoms. The molecule has 0 saturated carbocycles. The maximum Gasteiger partial charge on any atom is 0.283 e. The van der Waals surface area contributed by atoms with Gasteiger partial charge in [0.25, 0.3) is 10.1 Å². The van der Waals surface area contributed by atoms with Crippen LogP contribution in [0.1, 0.15) is 13.8 Å². The summed E-state index contributed by atoms with van der Waals surface area (Å²) in [6, 6.07) is 5.41. The average Bonchev–Trinajstić information content (AvgIpc) is 2.35. The number of nitrogens with zero attached hydrogens (tertiary/aromatic N) is 1. The van der Waals surface area contributed by atoms with Gasteiger partial charge in [-0.3, -0.25) is 4.55 Å². The van der Waals surface area contributed by atoms with Crippen LogP contribution in [0.2, 0.25) is 0 Å². The van der Waals surface area contributed by atoms with Gasteiger partial charge >= 0.3 is 0 Å². The Kier molecular flexibility index (Phi) is 5.44. The van der Waals surface area contributed by atoms with E-state index in [1.165, 1.54) is 12.0 Å². The summed E-state index contributed by atoms with van der Waals surface area (Å²) in [6.45, 7) is 5.02. The Labute approximate surface area is 114 Å². The molecule has 1 rings (SSSR count). The Morgan fingerprint density at radius 3 is 2.53 bits per heavy atom. The second-order valence-corrected chi connectivity index (χ2v) is 5.41. The second kappa shape index (κ2) is 6.63. The van der Waals surface area contributed by atoms with Gasteiger partial charge in [-0.25, -0.2) is 0 Å². The van der Waals surface area contributed by atoms with Crippen LogP contribution in [-0.4, -0.2) is 39.0 Å². The van der Waals surface area contributed by atoms with E-state index in [1.54, 1.807) is 12.1 Å². The van der Waals surface area contributed by atoms with Crippen LogP contribution in [0.3, 0.4) is 0 Å². The van der Waals surface area contributed by atoms with Gasteiger partial charge in [0.2, 0.25) is 0 Å². The third-order valence-corrected chi connectivity index (χ3v) is 3.24. The molecule has 0 spiro atoms. The SMILES string of the molecule is CCNc1ccc(N(CC)CS(=O)(=O)O)c(OC)c1. The van der Waals surface area contributed by atoms with Gasteiger partial charge in [-0.1, -0.05) is 0 Å². The van der Waals surface area contributed by atoms with Gasteiger partial charge in [0.15, 0.2) is 0 Å². The average molecular weight is 288 g/mol. The molecule has 0 heterocycles. The van der Waals surface area contributed by atoms with Crippen molar-refractivity contribution in [3.8, 4) is 5.75 Å². The van der Waals surface area contributed by atoms with Crippen molar-refractivity contribution in [1.29, 1.82) is 0 Å². The summed E-state index contributed by atoms with van der Waals surface area (Å²) in [5.41, 5.74) is 1.52. The molecule has 0 fully saturated rings. The largest absolute Gasteiger partial charge is 0.495 e. The number of rotatable bonds is 7. The van der Waals surface area contributed by atoms with Crippen molar-refractivity contribution in [2.75, 3.05) is 36.3 Å². The zero-order valence-electron chi connectivity index (χ0n) is 11.4. The summed E-state index contributed by atoms with van der Waals surface area (Å²) in [5.74, 6) is 0.101. The molecule has 108 valence electrons. The van der Waals surface area contributed by atoms with Crippen LogP contribution in [-0.2, 0) is 10.1 Å². The smallest absolute Gasteiger partial charge is 0.283 e. The molecular weight excluding hydrogens is 268 g/mol. The quantitative estimate of drug-likeness (QED) is 0.745. The molecule has 0 unspecified atom stereocenters.